The van der Waals surface area contributed by atoms with Crippen LogP contribution in [0.15, 0.2) is 30.6 Å². The fraction of sp³-hybridized carbons (Fsp3) is 0.444. The van der Waals surface area contributed by atoms with E-state index in [4.69, 9.17) is 4.74 Å². The molecule has 2 aromatic rings. The molecule has 4 heteroatoms. The molecule has 0 N–H and O–H groups in total. The van der Waals surface area contributed by atoms with Crippen LogP contribution in [0.5, 0.6) is 0 Å². The minimum absolute atomic E-state index is 0.0572. The number of ketones is 1. The Morgan fingerprint density at radius 1 is 1.14 bits per heavy atom. The number of hydrogen-bond donors (Lipinski definition) is 0. The largest absolute Gasteiger partial charge is 0.357 e. The summed E-state index contributed by atoms with van der Waals surface area (Å²) in [5.41, 5.74) is 4.19. The first-order chi connectivity index (χ1) is 10.8. The monoisotopic (exact) mass is 296 g/mol. The van der Waals surface area contributed by atoms with Crippen LogP contribution in [-0.2, 0) is 11.2 Å². The van der Waals surface area contributed by atoms with Crippen molar-refractivity contribution in [2.45, 2.75) is 44.8 Å². The van der Waals surface area contributed by atoms with Crippen LogP contribution >= 0.6 is 0 Å². The van der Waals surface area contributed by atoms with Crippen molar-refractivity contribution in [2.75, 3.05) is 6.61 Å². The number of Topliss-reactive ketones (excluding diaryl/α,β-unsaturated/α-hetero) is 1. The highest BCUT2D eigenvalue weighted by Gasteiger charge is 2.19. The van der Waals surface area contributed by atoms with Gasteiger partial charge in [-0.15, -0.1) is 0 Å². The third kappa shape index (κ3) is 2.48. The van der Waals surface area contributed by atoms with Gasteiger partial charge in [-0.3, -0.25) is 4.79 Å². The van der Waals surface area contributed by atoms with Gasteiger partial charge in [0.1, 0.15) is 6.23 Å². The number of fused-ring (bicyclic) bond motifs is 1. The fourth-order valence-corrected chi connectivity index (χ4v) is 3.38. The quantitative estimate of drug-likeness (QED) is 0.847. The van der Waals surface area contributed by atoms with Crippen molar-refractivity contribution in [2.24, 2.45) is 0 Å². The molecular formula is C18H20N2O2. The Hall–Kier alpha value is -1.94. The predicted octanol–water partition coefficient (Wildman–Crippen LogP) is 3.77. The number of rotatable bonds is 2. The summed E-state index contributed by atoms with van der Waals surface area (Å²) in [5.74, 6) is 0.270. The van der Waals surface area contributed by atoms with Gasteiger partial charge in [-0.05, 0) is 49.3 Å². The molecule has 2 aliphatic rings. The van der Waals surface area contributed by atoms with Crippen LogP contribution in [0.1, 0.15) is 54.3 Å². The standard InChI is InChI=1S/C18H20N2O2/c21-17-5-3-4-13-7-8-14(10-16(13)17)15-11-19-20(12-15)18-6-1-2-9-22-18/h7-8,10-12,18H,1-6,9H2. The van der Waals surface area contributed by atoms with Crippen LogP contribution < -0.4 is 0 Å². The number of carbonyl (C=O) groups excluding carboxylic acids is 1. The van der Waals surface area contributed by atoms with E-state index < -0.39 is 0 Å². The Bertz CT molecular complexity index is 699. The molecule has 0 spiro atoms. The van der Waals surface area contributed by atoms with Crippen molar-refractivity contribution >= 4 is 5.78 Å². The molecule has 2 heterocycles. The van der Waals surface area contributed by atoms with E-state index in [1.54, 1.807) is 0 Å². The van der Waals surface area contributed by atoms with Crippen LogP contribution in [0.2, 0.25) is 0 Å². The average molecular weight is 296 g/mol. The Morgan fingerprint density at radius 2 is 2.09 bits per heavy atom. The lowest BCUT2D eigenvalue weighted by Gasteiger charge is -2.22. The lowest BCUT2D eigenvalue weighted by atomic mass is 9.88. The maximum absolute atomic E-state index is 12.1. The van der Waals surface area contributed by atoms with Crippen molar-refractivity contribution in [1.29, 1.82) is 0 Å². The predicted molar refractivity (Wildman–Crippen MR) is 83.8 cm³/mol. The Morgan fingerprint density at radius 3 is 2.95 bits per heavy atom. The molecule has 0 radical (unpaired) electrons. The molecule has 114 valence electrons. The third-order valence-electron chi connectivity index (χ3n) is 4.65. The summed E-state index contributed by atoms with van der Waals surface area (Å²) < 4.78 is 7.68. The summed E-state index contributed by atoms with van der Waals surface area (Å²) in [6.07, 6.45) is 9.96. The van der Waals surface area contributed by atoms with E-state index in [1.165, 1.54) is 12.0 Å². The van der Waals surface area contributed by atoms with Crippen LogP contribution in [0.4, 0.5) is 0 Å². The number of carbonyl (C=O) groups is 1. The first kappa shape index (κ1) is 13.7. The molecule has 1 atom stereocenters. The SMILES string of the molecule is O=C1CCCc2ccc(-c3cnn(C4CCCCO4)c3)cc21. The maximum Gasteiger partial charge on any atom is 0.163 e. The summed E-state index contributed by atoms with van der Waals surface area (Å²) >= 11 is 0. The maximum atomic E-state index is 12.1. The number of hydrogen-bond acceptors (Lipinski definition) is 3. The Balaban J connectivity index is 1.63. The smallest absolute Gasteiger partial charge is 0.163 e. The third-order valence-corrected chi connectivity index (χ3v) is 4.65. The Labute approximate surface area is 130 Å². The van der Waals surface area contributed by atoms with Gasteiger partial charge >= 0.3 is 0 Å². The molecule has 1 unspecified atom stereocenters. The van der Waals surface area contributed by atoms with Gasteiger partial charge in [0.05, 0.1) is 6.20 Å². The number of benzene rings is 1. The van der Waals surface area contributed by atoms with E-state index in [-0.39, 0.29) is 12.0 Å². The molecule has 1 aliphatic carbocycles. The van der Waals surface area contributed by atoms with Crippen molar-refractivity contribution in [3.8, 4) is 11.1 Å². The van der Waals surface area contributed by atoms with Crippen LogP contribution in [0, 0.1) is 0 Å². The Kier molecular flexibility index (Phi) is 3.54. The van der Waals surface area contributed by atoms with Gasteiger partial charge in [-0.2, -0.15) is 5.10 Å². The highest BCUT2D eigenvalue weighted by Crippen LogP contribution is 2.29. The molecule has 1 aromatic carbocycles. The van der Waals surface area contributed by atoms with Gasteiger partial charge < -0.3 is 4.74 Å². The summed E-state index contributed by atoms with van der Waals surface area (Å²) in [6.45, 7) is 0.813. The van der Waals surface area contributed by atoms with Gasteiger partial charge in [-0.25, -0.2) is 4.68 Å². The summed E-state index contributed by atoms with van der Waals surface area (Å²) in [5, 5.41) is 4.45. The lowest BCUT2D eigenvalue weighted by molar-refractivity contribution is -0.0394. The van der Waals surface area contributed by atoms with Crippen LogP contribution in [0.3, 0.4) is 0 Å². The summed E-state index contributed by atoms with van der Waals surface area (Å²) in [7, 11) is 0. The zero-order valence-electron chi connectivity index (χ0n) is 12.6. The van der Waals surface area contributed by atoms with Gasteiger partial charge in [0.15, 0.2) is 5.78 Å². The highest BCUT2D eigenvalue weighted by molar-refractivity contribution is 5.99. The van der Waals surface area contributed by atoms with E-state index in [0.29, 0.717) is 6.42 Å². The first-order valence-corrected chi connectivity index (χ1v) is 8.13. The summed E-state index contributed by atoms with van der Waals surface area (Å²) in [4.78, 5) is 12.1. The minimum atomic E-state index is 0.0572. The second kappa shape index (κ2) is 5.69. The van der Waals surface area contributed by atoms with E-state index >= 15 is 0 Å². The first-order valence-electron chi connectivity index (χ1n) is 8.13. The topological polar surface area (TPSA) is 44.1 Å². The van der Waals surface area contributed by atoms with Gasteiger partial charge in [0, 0.05) is 30.4 Å². The van der Waals surface area contributed by atoms with E-state index in [0.717, 1.165) is 49.0 Å². The average Bonchev–Trinajstić information content (AvgIpc) is 3.06. The molecule has 1 aromatic heterocycles. The second-order valence-electron chi connectivity index (χ2n) is 6.18. The zero-order chi connectivity index (χ0) is 14.9. The molecule has 4 rings (SSSR count). The van der Waals surface area contributed by atoms with Crippen molar-refractivity contribution < 1.29 is 9.53 Å². The molecule has 0 amide bonds. The highest BCUT2D eigenvalue weighted by atomic mass is 16.5. The normalized spacial score (nSPS) is 21.6. The fourth-order valence-electron chi connectivity index (χ4n) is 3.38. The number of aryl methyl sites for hydroxylation is 1. The molecule has 22 heavy (non-hydrogen) atoms. The second-order valence-corrected chi connectivity index (χ2v) is 6.18. The van der Waals surface area contributed by atoms with E-state index in [1.807, 2.05) is 23.1 Å². The minimum Gasteiger partial charge on any atom is -0.357 e. The molecule has 1 aliphatic heterocycles. The van der Waals surface area contributed by atoms with Crippen molar-refractivity contribution in [3.05, 3.63) is 41.7 Å². The number of nitrogens with zero attached hydrogens (tertiary/aromatic N) is 2. The molecule has 1 fully saturated rings. The van der Waals surface area contributed by atoms with Gasteiger partial charge in [0.2, 0.25) is 0 Å². The molecule has 4 nitrogen and oxygen atoms in total. The van der Waals surface area contributed by atoms with Crippen LogP contribution in [0.25, 0.3) is 11.1 Å². The molecule has 0 bridgehead atoms. The van der Waals surface area contributed by atoms with Crippen LogP contribution in [-0.4, -0.2) is 22.2 Å². The molecular weight excluding hydrogens is 276 g/mol. The van der Waals surface area contributed by atoms with E-state index in [9.17, 15) is 4.79 Å². The van der Waals surface area contributed by atoms with E-state index in [2.05, 4.69) is 17.2 Å². The zero-order valence-corrected chi connectivity index (χ0v) is 12.6. The van der Waals surface area contributed by atoms with Gasteiger partial charge in [0.25, 0.3) is 0 Å². The van der Waals surface area contributed by atoms with Crippen molar-refractivity contribution in [1.82, 2.24) is 9.78 Å². The molecule has 0 saturated carbocycles. The number of aromatic nitrogens is 2. The van der Waals surface area contributed by atoms with Gasteiger partial charge in [-0.1, -0.05) is 12.1 Å². The lowest BCUT2D eigenvalue weighted by Crippen LogP contribution is -2.18. The van der Waals surface area contributed by atoms with Crippen molar-refractivity contribution in [3.63, 3.8) is 0 Å². The summed E-state index contributed by atoms with van der Waals surface area (Å²) in [6, 6.07) is 6.22. The number of ether oxygens (including phenoxy) is 1. The molecule has 1 saturated heterocycles.